The zero-order valence-electron chi connectivity index (χ0n) is 18.4. The minimum absolute atomic E-state index is 0.00548. The van der Waals surface area contributed by atoms with Gasteiger partial charge in [0.1, 0.15) is 12.6 Å². The molecule has 0 bridgehead atoms. The second-order valence-corrected chi connectivity index (χ2v) is 9.22. The van der Waals surface area contributed by atoms with Gasteiger partial charge in [-0.25, -0.2) is 9.59 Å². The Morgan fingerprint density at radius 1 is 0.970 bits per heavy atom. The van der Waals surface area contributed by atoms with E-state index in [0.29, 0.717) is 25.8 Å². The van der Waals surface area contributed by atoms with Gasteiger partial charge in [-0.3, -0.25) is 4.79 Å². The van der Waals surface area contributed by atoms with Crippen LogP contribution in [0.3, 0.4) is 0 Å². The highest BCUT2D eigenvalue weighted by Gasteiger charge is 2.42. The molecular weight excluding hydrogens is 420 g/mol. The van der Waals surface area contributed by atoms with Gasteiger partial charge in [0.05, 0.1) is 0 Å². The summed E-state index contributed by atoms with van der Waals surface area (Å²) in [6.45, 7) is 0.750. The zero-order valence-corrected chi connectivity index (χ0v) is 18.4. The Morgan fingerprint density at radius 3 is 2.24 bits per heavy atom. The molecule has 2 fully saturated rings. The van der Waals surface area contributed by atoms with Gasteiger partial charge in [0, 0.05) is 24.4 Å². The number of likely N-dealkylation sites (tertiary alicyclic amines) is 1. The summed E-state index contributed by atoms with van der Waals surface area (Å²) in [5.41, 5.74) is 4.69. The Balaban J connectivity index is 1.13. The van der Waals surface area contributed by atoms with Gasteiger partial charge in [-0.05, 0) is 54.4 Å². The van der Waals surface area contributed by atoms with E-state index in [-0.39, 0.29) is 30.4 Å². The fraction of sp³-hybridized carbons (Fsp3) is 0.423. The topological polar surface area (TPSA) is 95.9 Å². The fourth-order valence-corrected chi connectivity index (χ4v) is 5.43. The van der Waals surface area contributed by atoms with Crippen molar-refractivity contribution in [2.45, 2.75) is 50.1 Å². The molecule has 7 nitrogen and oxygen atoms in total. The molecule has 1 saturated heterocycles. The molecule has 1 saturated carbocycles. The monoisotopic (exact) mass is 448 g/mol. The van der Waals surface area contributed by atoms with Crippen LogP contribution in [0, 0.1) is 5.92 Å². The van der Waals surface area contributed by atoms with Crippen LogP contribution < -0.4 is 5.32 Å². The SMILES string of the molecule is O=C(NC1CC(C(=O)N2CCCC[C@H]2C(=O)O)C1)OCC1c2ccccc2-c2ccccc21. The molecule has 1 aliphatic heterocycles. The highest BCUT2D eigenvalue weighted by molar-refractivity contribution is 5.86. The van der Waals surface area contributed by atoms with E-state index in [4.69, 9.17) is 4.74 Å². The lowest BCUT2D eigenvalue weighted by Crippen LogP contribution is -2.55. The Morgan fingerprint density at radius 2 is 1.61 bits per heavy atom. The number of fused-ring (bicyclic) bond motifs is 3. The van der Waals surface area contributed by atoms with Crippen molar-refractivity contribution in [1.82, 2.24) is 10.2 Å². The minimum Gasteiger partial charge on any atom is -0.480 e. The van der Waals surface area contributed by atoms with Crippen LogP contribution in [-0.4, -0.2) is 53.2 Å². The van der Waals surface area contributed by atoms with Crippen LogP contribution in [0.4, 0.5) is 4.79 Å². The van der Waals surface area contributed by atoms with Crippen LogP contribution in [0.2, 0.25) is 0 Å². The van der Waals surface area contributed by atoms with Crippen LogP contribution in [0.5, 0.6) is 0 Å². The van der Waals surface area contributed by atoms with Gasteiger partial charge < -0.3 is 20.1 Å². The first-order valence-corrected chi connectivity index (χ1v) is 11.7. The number of hydrogen-bond donors (Lipinski definition) is 2. The number of alkyl carbamates (subject to hydrolysis) is 1. The molecule has 0 aromatic heterocycles. The number of benzene rings is 2. The van der Waals surface area contributed by atoms with Crippen molar-refractivity contribution in [2.24, 2.45) is 5.92 Å². The van der Waals surface area contributed by atoms with Gasteiger partial charge in [-0.2, -0.15) is 0 Å². The molecule has 0 spiro atoms. The molecule has 2 aliphatic carbocycles. The molecule has 5 rings (SSSR count). The minimum atomic E-state index is -0.935. The predicted molar refractivity (Wildman–Crippen MR) is 122 cm³/mol. The summed E-state index contributed by atoms with van der Waals surface area (Å²) in [7, 11) is 0. The first kappa shape index (κ1) is 21.5. The summed E-state index contributed by atoms with van der Waals surface area (Å²) >= 11 is 0. The normalized spacial score (nSPS) is 23.8. The standard InChI is InChI=1S/C26H28N2O5/c29-24(28-12-6-5-11-23(28)25(30)31)16-13-17(14-16)27-26(32)33-15-22-20-9-3-1-7-18(20)19-8-2-4-10-21(19)22/h1-4,7-10,16-17,22-23H,5-6,11-15H2,(H,27,32)(H,30,31)/t16?,17?,23-/m0/s1. The molecule has 172 valence electrons. The van der Waals surface area contributed by atoms with E-state index in [1.165, 1.54) is 16.0 Å². The number of rotatable bonds is 5. The quantitative estimate of drug-likeness (QED) is 0.726. The second kappa shape index (κ2) is 8.89. The van der Waals surface area contributed by atoms with E-state index in [2.05, 4.69) is 29.6 Å². The number of carboxylic acids is 1. The highest BCUT2D eigenvalue weighted by atomic mass is 16.5. The van der Waals surface area contributed by atoms with Gasteiger partial charge in [0.15, 0.2) is 0 Å². The third-order valence-corrected chi connectivity index (χ3v) is 7.22. The number of nitrogens with one attached hydrogen (secondary N) is 1. The maximum Gasteiger partial charge on any atom is 0.407 e. The van der Waals surface area contributed by atoms with E-state index in [1.807, 2.05) is 24.3 Å². The van der Waals surface area contributed by atoms with Crippen molar-refractivity contribution in [3.63, 3.8) is 0 Å². The van der Waals surface area contributed by atoms with Crippen LogP contribution in [0.1, 0.15) is 49.1 Å². The van der Waals surface area contributed by atoms with Crippen molar-refractivity contribution in [2.75, 3.05) is 13.2 Å². The zero-order chi connectivity index (χ0) is 22.9. The third kappa shape index (κ3) is 4.08. The number of piperidine rings is 1. The van der Waals surface area contributed by atoms with E-state index in [9.17, 15) is 19.5 Å². The summed E-state index contributed by atoms with van der Waals surface area (Å²) in [5.74, 6) is -1.27. The largest absolute Gasteiger partial charge is 0.480 e. The van der Waals surface area contributed by atoms with Crippen LogP contribution in [-0.2, 0) is 14.3 Å². The molecule has 2 aromatic rings. The molecule has 3 aliphatic rings. The van der Waals surface area contributed by atoms with Crippen LogP contribution in [0.15, 0.2) is 48.5 Å². The maximum absolute atomic E-state index is 12.8. The number of carbonyl (C=O) groups excluding carboxylic acids is 2. The molecule has 2 amide bonds. The molecule has 7 heteroatoms. The van der Waals surface area contributed by atoms with Crippen molar-refractivity contribution in [3.05, 3.63) is 59.7 Å². The van der Waals surface area contributed by atoms with Gasteiger partial charge >= 0.3 is 12.1 Å². The molecule has 2 aromatic carbocycles. The number of ether oxygens (including phenoxy) is 1. The summed E-state index contributed by atoms with van der Waals surface area (Å²) in [6, 6.07) is 15.5. The first-order chi connectivity index (χ1) is 16.0. The third-order valence-electron chi connectivity index (χ3n) is 7.22. The maximum atomic E-state index is 12.8. The van der Waals surface area contributed by atoms with E-state index in [1.54, 1.807) is 0 Å². The van der Waals surface area contributed by atoms with Gasteiger partial charge in [0.2, 0.25) is 5.91 Å². The Hall–Kier alpha value is -3.35. The number of carboxylic acid groups (broad SMARTS) is 1. The summed E-state index contributed by atoms with van der Waals surface area (Å²) < 4.78 is 5.58. The lowest BCUT2D eigenvalue weighted by atomic mass is 9.78. The van der Waals surface area contributed by atoms with Gasteiger partial charge in [-0.15, -0.1) is 0 Å². The van der Waals surface area contributed by atoms with Gasteiger partial charge in [0.25, 0.3) is 0 Å². The molecule has 0 unspecified atom stereocenters. The van der Waals surface area contributed by atoms with Crippen molar-refractivity contribution >= 4 is 18.0 Å². The fourth-order valence-electron chi connectivity index (χ4n) is 5.43. The average molecular weight is 449 g/mol. The number of nitrogens with zero attached hydrogens (tertiary/aromatic N) is 1. The van der Waals surface area contributed by atoms with Crippen LogP contribution >= 0.6 is 0 Å². The molecule has 1 atom stereocenters. The summed E-state index contributed by atoms with van der Waals surface area (Å²) in [5, 5.41) is 12.3. The van der Waals surface area contributed by atoms with Crippen molar-refractivity contribution in [3.8, 4) is 11.1 Å². The molecule has 0 radical (unpaired) electrons. The van der Waals surface area contributed by atoms with E-state index < -0.39 is 18.1 Å². The Labute approximate surface area is 192 Å². The average Bonchev–Trinajstić information content (AvgIpc) is 3.13. The molecule has 2 N–H and O–H groups in total. The Bertz CT molecular complexity index is 1030. The smallest absolute Gasteiger partial charge is 0.407 e. The first-order valence-electron chi connectivity index (χ1n) is 11.7. The lowest BCUT2D eigenvalue weighted by Gasteiger charge is -2.41. The molecule has 33 heavy (non-hydrogen) atoms. The number of amides is 2. The number of hydrogen-bond acceptors (Lipinski definition) is 4. The number of carbonyl (C=O) groups is 3. The Kier molecular flexibility index (Phi) is 5.79. The highest BCUT2D eigenvalue weighted by Crippen LogP contribution is 2.44. The van der Waals surface area contributed by atoms with Crippen molar-refractivity contribution < 1.29 is 24.2 Å². The number of aliphatic carboxylic acids is 1. The lowest BCUT2D eigenvalue weighted by molar-refractivity contribution is -0.155. The second-order valence-electron chi connectivity index (χ2n) is 9.22. The van der Waals surface area contributed by atoms with E-state index >= 15 is 0 Å². The molecule has 1 heterocycles. The predicted octanol–water partition coefficient (Wildman–Crippen LogP) is 3.77. The summed E-state index contributed by atoms with van der Waals surface area (Å²) in [4.78, 5) is 38.2. The van der Waals surface area contributed by atoms with Gasteiger partial charge in [-0.1, -0.05) is 48.5 Å². The summed E-state index contributed by atoms with van der Waals surface area (Å²) in [6.07, 6.45) is 2.74. The van der Waals surface area contributed by atoms with Crippen molar-refractivity contribution in [1.29, 1.82) is 0 Å². The van der Waals surface area contributed by atoms with Crippen LogP contribution in [0.25, 0.3) is 11.1 Å². The van der Waals surface area contributed by atoms with E-state index in [0.717, 1.165) is 24.0 Å². The molecular formula is C26H28N2O5.